The van der Waals surface area contributed by atoms with Crippen molar-refractivity contribution >= 4 is 26.0 Å². The lowest BCUT2D eigenvalue weighted by Crippen LogP contribution is -2.39. The molecule has 1 heterocycles. The summed E-state index contributed by atoms with van der Waals surface area (Å²) in [4.78, 5) is 35.3. The van der Waals surface area contributed by atoms with E-state index in [1.54, 1.807) is 20.8 Å². The van der Waals surface area contributed by atoms with Crippen molar-refractivity contribution in [3.8, 4) is 0 Å². The van der Waals surface area contributed by atoms with Crippen molar-refractivity contribution < 1.29 is 23.9 Å². The standard InChI is InChI=1S/C16H28N2O5Si/c1-16(2,3)23-15(21)18-11-9-13(19)17-12(11)10-14(20)22-7-8-24(4,5)6/h10-11H,7-9H2,1-6H3,(H,17,19)(H,18,21)/b12-10-/t11-/m1/s1. The highest BCUT2D eigenvalue weighted by molar-refractivity contribution is 6.76. The van der Waals surface area contributed by atoms with E-state index in [4.69, 9.17) is 9.47 Å². The summed E-state index contributed by atoms with van der Waals surface area (Å²) in [5.41, 5.74) is -0.316. The minimum absolute atomic E-state index is 0.0628. The molecular weight excluding hydrogens is 328 g/mol. The number of nitrogens with one attached hydrogen (secondary N) is 2. The Hall–Kier alpha value is -1.83. The predicted molar refractivity (Wildman–Crippen MR) is 93.1 cm³/mol. The molecule has 0 radical (unpaired) electrons. The zero-order valence-electron chi connectivity index (χ0n) is 15.3. The molecule has 1 saturated heterocycles. The van der Waals surface area contributed by atoms with Gasteiger partial charge in [-0.1, -0.05) is 19.6 Å². The van der Waals surface area contributed by atoms with Gasteiger partial charge in [0.05, 0.1) is 19.1 Å². The van der Waals surface area contributed by atoms with Gasteiger partial charge < -0.3 is 20.1 Å². The Labute approximate surface area is 144 Å². The molecule has 1 fully saturated rings. The average Bonchev–Trinajstić information content (AvgIpc) is 2.64. The van der Waals surface area contributed by atoms with Crippen LogP contribution >= 0.6 is 0 Å². The molecule has 0 unspecified atom stereocenters. The molecule has 0 aromatic rings. The summed E-state index contributed by atoms with van der Waals surface area (Å²) in [5, 5.41) is 5.16. The number of esters is 1. The number of carbonyl (C=O) groups is 3. The molecule has 1 rings (SSSR count). The fourth-order valence-electron chi connectivity index (χ4n) is 1.94. The number of rotatable bonds is 5. The summed E-state index contributed by atoms with van der Waals surface area (Å²) >= 11 is 0. The zero-order chi connectivity index (χ0) is 18.5. The van der Waals surface area contributed by atoms with Gasteiger partial charge in [0.15, 0.2) is 0 Å². The van der Waals surface area contributed by atoms with E-state index in [2.05, 4.69) is 30.3 Å². The Kier molecular flexibility index (Phi) is 6.59. The number of hydrogen-bond acceptors (Lipinski definition) is 5. The van der Waals surface area contributed by atoms with Crippen LogP contribution < -0.4 is 10.6 Å². The number of alkyl carbamates (subject to hydrolysis) is 1. The molecule has 0 aliphatic carbocycles. The van der Waals surface area contributed by atoms with Crippen molar-refractivity contribution in [2.45, 2.75) is 64.5 Å². The summed E-state index contributed by atoms with van der Waals surface area (Å²) < 4.78 is 10.3. The molecule has 2 N–H and O–H groups in total. The molecule has 1 aliphatic rings. The smallest absolute Gasteiger partial charge is 0.408 e. The molecule has 1 aliphatic heterocycles. The van der Waals surface area contributed by atoms with E-state index >= 15 is 0 Å². The molecule has 2 amide bonds. The summed E-state index contributed by atoms with van der Waals surface area (Å²) in [6.45, 7) is 12.2. The first-order valence-electron chi connectivity index (χ1n) is 8.03. The van der Waals surface area contributed by atoms with Gasteiger partial charge in [0.1, 0.15) is 5.60 Å². The largest absolute Gasteiger partial charge is 0.463 e. The van der Waals surface area contributed by atoms with Crippen molar-refractivity contribution in [3.05, 3.63) is 11.8 Å². The van der Waals surface area contributed by atoms with Crippen LogP contribution in [0.1, 0.15) is 27.2 Å². The van der Waals surface area contributed by atoms with Crippen molar-refractivity contribution in [1.29, 1.82) is 0 Å². The summed E-state index contributed by atoms with van der Waals surface area (Å²) in [5.74, 6) is -0.793. The quantitative estimate of drug-likeness (QED) is 0.447. The lowest BCUT2D eigenvalue weighted by Gasteiger charge is -2.21. The highest BCUT2D eigenvalue weighted by Crippen LogP contribution is 2.15. The molecule has 0 spiro atoms. The maximum absolute atomic E-state index is 11.9. The van der Waals surface area contributed by atoms with Crippen LogP contribution in [0, 0.1) is 0 Å². The molecule has 8 heteroatoms. The summed E-state index contributed by atoms with van der Waals surface area (Å²) in [6, 6.07) is 0.255. The first kappa shape index (κ1) is 20.2. The average molecular weight is 356 g/mol. The molecule has 0 aromatic carbocycles. The van der Waals surface area contributed by atoms with E-state index in [0.29, 0.717) is 12.3 Å². The van der Waals surface area contributed by atoms with Gasteiger partial charge in [0.2, 0.25) is 5.91 Å². The van der Waals surface area contributed by atoms with E-state index in [1.165, 1.54) is 6.08 Å². The lowest BCUT2D eigenvalue weighted by atomic mass is 10.2. The summed E-state index contributed by atoms with van der Waals surface area (Å²) in [7, 11) is -1.28. The first-order valence-corrected chi connectivity index (χ1v) is 11.7. The normalized spacial score (nSPS) is 19.8. The molecule has 24 heavy (non-hydrogen) atoms. The van der Waals surface area contributed by atoms with Gasteiger partial charge in [-0.15, -0.1) is 0 Å². The van der Waals surface area contributed by atoms with Gasteiger partial charge >= 0.3 is 12.1 Å². The molecule has 0 saturated carbocycles. The second kappa shape index (κ2) is 7.83. The maximum atomic E-state index is 11.9. The fourth-order valence-corrected chi connectivity index (χ4v) is 2.65. The molecule has 1 atom stereocenters. The van der Waals surface area contributed by atoms with E-state index < -0.39 is 31.8 Å². The second-order valence-corrected chi connectivity index (χ2v) is 13.7. The van der Waals surface area contributed by atoms with E-state index in [9.17, 15) is 14.4 Å². The van der Waals surface area contributed by atoms with Crippen LogP contribution in [0.15, 0.2) is 11.8 Å². The number of amides is 2. The minimum Gasteiger partial charge on any atom is -0.463 e. The third-order valence-corrected chi connectivity index (χ3v) is 4.81. The van der Waals surface area contributed by atoms with Crippen LogP contribution in [0.3, 0.4) is 0 Å². The monoisotopic (exact) mass is 356 g/mol. The van der Waals surface area contributed by atoms with Crippen LogP contribution in [0.2, 0.25) is 25.7 Å². The van der Waals surface area contributed by atoms with Gasteiger partial charge in [0.25, 0.3) is 0 Å². The van der Waals surface area contributed by atoms with E-state index in [-0.39, 0.29) is 12.3 Å². The zero-order valence-corrected chi connectivity index (χ0v) is 16.3. The van der Waals surface area contributed by atoms with Crippen LogP contribution in [0.25, 0.3) is 0 Å². The van der Waals surface area contributed by atoms with Crippen molar-refractivity contribution in [3.63, 3.8) is 0 Å². The van der Waals surface area contributed by atoms with Crippen LogP contribution in [0.5, 0.6) is 0 Å². The Balaban J connectivity index is 2.61. The molecule has 0 bridgehead atoms. The van der Waals surface area contributed by atoms with Gasteiger partial charge in [0, 0.05) is 19.8 Å². The van der Waals surface area contributed by atoms with Gasteiger partial charge in [-0.05, 0) is 26.8 Å². The van der Waals surface area contributed by atoms with Crippen molar-refractivity contribution in [2.75, 3.05) is 6.61 Å². The highest BCUT2D eigenvalue weighted by atomic mass is 28.3. The Bertz CT molecular complexity index is 532. The predicted octanol–water partition coefficient (Wildman–Crippen LogP) is 2.16. The van der Waals surface area contributed by atoms with Crippen LogP contribution in [0.4, 0.5) is 4.79 Å². The number of hydrogen-bond donors (Lipinski definition) is 2. The first-order chi connectivity index (χ1) is 10.9. The van der Waals surface area contributed by atoms with Gasteiger partial charge in [-0.2, -0.15) is 0 Å². The highest BCUT2D eigenvalue weighted by Gasteiger charge is 2.30. The minimum atomic E-state index is -1.28. The van der Waals surface area contributed by atoms with Crippen LogP contribution in [-0.4, -0.2) is 44.3 Å². The Morgan fingerprint density at radius 3 is 2.50 bits per heavy atom. The SMILES string of the molecule is CC(C)(C)OC(=O)N[C@@H]1CC(=O)N/C1=C\C(=O)OCC[Si](C)(C)C. The second-order valence-electron chi connectivity index (χ2n) is 8.03. The van der Waals surface area contributed by atoms with Crippen molar-refractivity contribution in [1.82, 2.24) is 10.6 Å². The van der Waals surface area contributed by atoms with Crippen molar-refractivity contribution in [2.24, 2.45) is 0 Å². The Morgan fingerprint density at radius 2 is 1.96 bits per heavy atom. The topological polar surface area (TPSA) is 93.7 Å². The lowest BCUT2D eigenvalue weighted by molar-refractivity contribution is -0.137. The Morgan fingerprint density at radius 1 is 1.33 bits per heavy atom. The van der Waals surface area contributed by atoms with Gasteiger partial charge in [-0.3, -0.25) is 4.79 Å². The maximum Gasteiger partial charge on any atom is 0.408 e. The summed E-state index contributed by atoms with van der Waals surface area (Å²) in [6.07, 6.45) is 0.645. The number of ether oxygens (including phenoxy) is 2. The molecule has 136 valence electrons. The molecule has 0 aromatic heterocycles. The molecular formula is C16H28N2O5Si. The fraction of sp³-hybridized carbons (Fsp3) is 0.688. The van der Waals surface area contributed by atoms with Crippen LogP contribution in [-0.2, 0) is 19.1 Å². The molecule has 7 nitrogen and oxygen atoms in total. The van der Waals surface area contributed by atoms with E-state index in [0.717, 1.165) is 6.04 Å². The number of carbonyl (C=O) groups excluding carboxylic acids is 3. The third-order valence-electron chi connectivity index (χ3n) is 3.11. The van der Waals surface area contributed by atoms with E-state index in [1.807, 2.05) is 0 Å². The third kappa shape index (κ3) is 8.14. The van der Waals surface area contributed by atoms with Gasteiger partial charge in [-0.25, -0.2) is 9.59 Å².